The quantitative estimate of drug-likeness (QED) is 0.640. The number of hydrogen-bond acceptors (Lipinski definition) is 5. The fourth-order valence-corrected chi connectivity index (χ4v) is 2.42. The zero-order chi connectivity index (χ0) is 13.8. The molecule has 6 heteroatoms. The summed E-state index contributed by atoms with van der Waals surface area (Å²) >= 11 is 0. The van der Waals surface area contributed by atoms with Crippen molar-refractivity contribution in [1.29, 1.82) is 5.26 Å². The average molecular weight is 260 g/mol. The van der Waals surface area contributed by atoms with Crippen LogP contribution in [-0.4, -0.2) is 17.0 Å². The summed E-state index contributed by atoms with van der Waals surface area (Å²) in [6, 6.07) is 6.33. The van der Waals surface area contributed by atoms with Gasteiger partial charge in [-0.1, -0.05) is 12.8 Å². The Hall–Kier alpha value is -2.13. The van der Waals surface area contributed by atoms with E-state index >= 15 is 0 Å². The van der Waals surface area contributed by atoms with Gasteiger partial charge in [0.05, 0.1) is 16.6 Å². The third-order valence-corrected chi connectivity index (χ3v) is 3.48. The molecule has 1 aromatic carbocycles. The number of hydrogen-bond donors (Lipinski definition) is 2. The maximum Gasteiger partial charge on any atom is 0.292 e. The van der Waals surface area contributed by atoms with E-state index in [2.05, 4.69) is 5.32 Å². The van der Waals surface area contributed by atoms with E-state index in [0.717, 1.165) is 25.7 Å². The van der Waals surface area contributed by atoms with Crippen LogP contribution >= 0.6 is 0 Å². The number of nitrogens with zero attached hydrogens (tertiary/aromatic N) is 2. The van der Waals surface area contributed by atoms with Gasteiger partial charge in [-0.2, -0.15) is 5.26 Å². The first-order chi connectivity index (χ1) is 9.11. The van der Waals surface area contributed by atoms with E-state index in [1.54, 1.807) is 0 Å². The van der Waals surface area contributed by atoms with Crippen LogP contribution in [0.5, 0.6) is 0 Å². The Morgan fingerprint density at radius 2 is 2.16 bits per heavy atom. The minimum Gasteiger partial charge on any atom is -0.375 e. The lowest BCUT2D eigenvalue weighted by Gasteiger charge is -2.30. The van der Waals surface area contributed by atoms with Gasteiger partial charge in [-0.25, -0.2) is 0 Å². The first-order valence-electron chi connectivity index (χ1n) is 6.32. The predicted octanol–water partition coefficient (Wildman–Crippen LogP) is 2.15. The zero-order valence-corrected chi connectivity index (χ0v) is 10.5. The highest BCUT2D eigenvalue weighted by Crippen LogP contribution is 2.28. The predicted molar refractivity (Wildman–Crippen MR) is 71.7 cm³/mol. The van der Waals surface area contributed by atoms with Gasteiger partial charge in [0.25, 0.3) is 5.69 Å². The van der Waals surface area contributed by atoms with E-state index in [1.165, 1.54) is 18.2 Å². The highest BCUT2D eigenvalue weighted by Gasteiger charge is 2.24. The standard InChI is InChI=1S/C13H16N4O2/c14-8-9-5-6-13(17(18)19)12(7-9)16-11-4-2-1-3-10(11)15/h5-7,10-11,16H,1-4,15H2. The number of nitro benzene ring substituents is 1. The number of nitrogens with one attached hydrogen (secondary N) is 1. The van der Waals surface area contributed by atoms with Crippen LogP contribution in [0.15, 0.2) is 18.2 Å². The van der Waals surface area contributed by atoms with E-state index in [9.17, 15) is 10.1 Å². The van der Waals surface area contributed by atoms with E-state index in [0.29, 0.717) is 11.3 Å². The fraction of sp³-hybridized carbons (Fsp3) is 0.462. The molecule has 0 spiro atoms. The Bertz CT molecular complexity index is 524. The third-order valence-electron chi connectivity index (χ3n) is 3.48. The lowest BCUT2D eigenvalue weighted by molar-refractivity contribution is -0.384. The molecule has 0 radical (unpaired) electrons. The van der Waals surface area contributed by atoms with E-state index in [4.69, 9.17) is 11.0 Å². The summed E-state index contributed by atoms with van der Waals surface area (Å²) in [6.07, 6.45) is 3.98. The average Bonchev–Trinajstić information content (AvgIpc) is 2.41. The molecule has 2 rings (SSSR count). The van der Waals surface area contributed by atoms with Crippen molar-refractivity contribution >= 4 is 11.4 Å². The molecule has 0 aromatic heterocycles. The maximum atomic E-state index is 11.0. The molecule has 0 bridgehead atoms. The second kappa shape index (κ2) is 5.67. The van der Waals surface area contributed by atoms with Crippen LogP contribution in [0.25, 0.3) is 0 Å². The molecule has 0 aliphatic heterocycles. The molecule has 0 saturated heterocycles. The first kappa shape index (κ1) is 13.3. The van der Waals surface area contributed by atoms with Crippen molar-refractivity contribution in [3.8, 4) is 6.07 Å². The summed E-state index contributed by atoms with van der Waals surface area (Å²) in [4.78, 5) is 10.5. The second-order valence-electron chi connectivity index (χ2n) is 4.80. The number of nitrogens with two attached hydrogens (primary N) is 1. The Morgan fingerprint density at radius 1 is 1.42 bits per heavy atom. The Kier molecular flexibility index (Phi) is 3.97. The molecule has 100 valence electrons. The molecular formula is C13H16N4O2. The highest BCUT2D eigenvalue weighted by atomic mass is 16.6. The molecule has 1 fully saturated rings. The smallest absolute Gasteiger partial charge is 0.292 e. The number of nitro groups is 1. The summed E-state index contributed by atoms with van der Waals surface area (Å²) in [6.45, 7) is 0. The fourth-order valence-electron chi connectivity index (χ4n) is 2.42. The normalized spacial score (nSPS) is 22.5. The summed E-state index contributed by atoms with van der Waals surface area (Å²) in [5.74, 6) is 0. The number of rotatable bonds is 3. The zero-order valence-electron chi connectivity index (χ0n) is 10.5. The molecule has 2 unspecified atom stereocenters. The number of nitriles is 1. The van der Waals surface area contributed by atoms with Crippen LogP contribution in [-0.2, 0) is 0 Å². The first-order valence-corrected chi connectivity index (χ1v) is 6.32. The van der Waals surface area contributed by atoms with E-state index in [1.807, 2.05) is 6.07 Å². The van der Waals surface area contributed by atoms with Crippen molar-refractivity contribution in [1.82, 2.24) is 0 Å². The molecule has 1 aromatic rings. The van der Waals surface area contributed by atoms with Crippen LogP contribution in [0.3, 0.4) is 0 Å². The SMILES string of the molecule is N#Cc1ccc([N+](=O)[O-])c(NC2CCCCC2N)c1. The van der Waals surface area contributed by atoms with Crippen molar-refractivity contribution in [3.05, 3.63) is 33.9 Å². The van der Waals surface area contributed by atoms with E-state index in [-0.39, 0.29) is 17.8 Å². The van der Waals surface area contributed by atoms with Crippen LogP contribution in [0.4, 0.5) is 11.4 Å². The molecule has 2 atom stereocenters. The van der Waals surface area contributed by atoms with Gasteiger partial charge in [-0.05, 0) is 25.0 Å². The molecule has 3 N–H and O–H groups in total. The van der Waals surface area contributed by atoms with Crippen molar-refractivity contribution in [2.24, 2.45) is 5.73 Å². The number of benzene rings is 1. The van der Waals surface area contributed by atoms with Crippen LogP contribution in [0.2, 0.25) is 0 Å². The summed E-state index contributed by atoms with van der Waals surface area (Å²) in [7, 11) is 0. The minimum absolute atomic E-state index is 0.000837. The van der Waals surface area contributed by atoms with Gasteiger partial charge in [-0.3, -0.25) is 10.1 Å². The molecule has 1 aliphatic carbocycles. The Morgan fingerprint density at radius 3 is 2.79 bits per heavy atom. The maximum absolute atomic E-state index is 11.0. The van der Waals surface area contributed by atoms with Crippen molar-refractivity contribution < 1.29 is 4.92 Å². The van der Waals surface area contributed by atoms with E-state index < -0.39 is 4.92 Å². The van der Waals surface area contributed by atoms with Crippen molar-refractivity contribution in [2.45, 2.75) is 37.8 Å². The van der Waals surface area contributed by atoms with Crippen LogP contribution in [0, 0.1) is 21.4 Å². The van der Waals surface area contributed by atoms with Crippen molar-refractivity contribution in [2.75, 3.05) is 5.32 Å². The molecule has 6 nitrogen and oxygen atoms in total. The molecule has 1 saturated carbocycles. The van der Waals surface area contributed by atoms with Crippen LogP contribution in [0.1, 0.15) is 31.2 Å². The highest BCUT2D eigenvalue weighted by molar-refractivity contribution is 5.64. The topological polar surface area (TPSA) is 105 Å². The molecule has 1 aliphatic rings. The Balaban J connectivity index is 2.26. The van der Waals surface area contributed by atoms with Gasteiger partial charge < -0.3 is 11.1 Å². The lowest BCUT2D eigenvalue weighted by atomic mass is 9.91. The molecule has 0 amide bonds. The Labute approximate surface area is 111 Å². The summed E-state index contributed by atoms with van der Waals surface area (Å²) < 4.78 is 0. The largest absolute Gasteiger partial charge is 0.375 e. The molecule has 0 heterocycles. The minimum atomic E-state index is -0.447. The van der Waals surface area contributed by atoms with Gasteiger partial charge in [0.1, 0.15) is 5.69 Å². The van der Waals surface area contributed by atoms with Gasteiger partial charge in [0, 0.05) is 18.2 Å². The molecular weight excluding hydrogens is 244 g/mol. The lowest BCUT2D eigenvalue weighted by Crippen LogP contribution is -2.42. The third kappa shape index (κ3) is 3.01. The summed E-state index contributed by atoms with van der Waals surface area (Å²) in [5, 5.41) is 23.0. The van der Waals surface area contributed by atoms with Gasteiger partial charge in [0.2, 0.25) is 0 Å². The van der Waals surface area contributed by atoms with Gasteiger partial charge in [-0.15, -0.1) is 0 Å². The second-order valence-corrected chi connectivity index (χ2v) is 4.80. The van der Waals surface area contributed by atoms with Crippen LogP contribution < -0.4 is 11.1 Å². The monoisotopic (exact) mass is 260 g/mol. The van der Waals surface area contributed by atoms with Gasteiger partial charge >= 0.3 is 0 Å². The summed E-state index contributed by atoms with van der Waals surface area (Å²) in [5.41, 5.74) is 6.79. The van der Waals surface area contributed by atoms with Gasteiger partial charge in [0.15, 0.2) is 0 Å². The molecule has 19 heavy (non-hydrogen) atoms. The van der Waals surface area contributed by atoms with Crippen molar-refractivity contribution in [3.63, 3.8) is 0 Å². The number of anilines is 1.